The van der Waals surface area contributed by atoms with Crippen molar-refractivity contribution in [2.24, 2.45) is 11.8 Å². The summed E-state index contributed by atoms with van der Waals surface area (Å²) < 4.78 is 1.96. The van der Waals surface area contributed by atoms with Gasteiger partial charge in [0.15, 0.2) is 5.78 Å². The Balaban J connectivity index is 1.44. The van der Waals surface area contributed by atoms with Crippen molar-refractivity contribution in [2.45, 2.75) is 59.9 Å². The monoisotopic (exact) mass is 643 g/mol. The number of fused-ring (bicyclic) bond motifs is 1. The minimum absolute atomic E-state index is 0.0534. The predicted octanol–water partition coefficient (Wildman–Crippen LogP) is 8.91. The van der Waals surface area contributed by atoms with Crippen molar-refractivity contribution in [2.75, 3.05) is 16.8 Å². The molecule has 7 heteroatoms. The summed E-state index contributed by atoms with van der Waals surface area (Å²) >= 11 is 0. The number of carboxylic acid groups (broad SMARTS) is 1. The molecule has 4 aromatic carbocycles. The zero-order valence-corrected chi connectivity index (χ0v) is 28.3. The third-order valence-electron chi connectivity index (χ3n) is 8.32. The average Bonchev–Trinajstić information content (AvgIpc) is 3.42. The van der Waals surface area contributed by atoms with Gasteiger partial charge in [0.2, 0.25) is 5.91 Å². The molecule has 2 N–H and O–H groups in total. The maximum absolute atomic E-state index is 14.1. The van der Waals surface area contributed by atoms with E-state index in [1.807, 2.05) is 82.4 Å². The number of hydrogen-bond acceptors (Lipinski definition) is 4. The van der Waals surface area contributed by atoms with E-state index in [-0.39, 0.29) is 24.7 Å². The second kappa shape index (κ2) is 15.6. The molecule has 1 aromatic heterocycles. The fourth-order valence-electron chi connectivity index (χ4n) is 6.14. The minimum Gasteiger partial charge on any atom is -0.481 e. The van der Waals surface area contributed by atoms with Gasteiger partial charge in [-0.25, -0.2) is 0 Å². The number of benzene rings is 4. The largest absolute Gasteiger partial charge is 0.481 e. The Morgan fingerprint density at radius 2 is 1.42 bits per heavy atom. The van der Waals surface area contributed by atoms with Crippen LogP contribution in [0.25, 0.3) is 10.9 Å². The highest BCUT2D eigenvalue weighted by Gasteiger charge is 2.20. The molecule has 0 aliphatic carbocycles. The van der Waals surface area contributed by atoms with Gasteiger partial charge in [0.1, 0.15) is 6.54 Å². The van der Waals surface area contributed by atoms with Crippen molar-refractivity contribution in [1.82, 2.24) is 4.57 Å². The van der Waals surface area contributed by atoms with Gasteiger partial charge < -0.3 is 19.9 Å². The van der Waals surface area contributed by atoms with Crippen LogP contribution in [0.1, 0.15) is 67.6 Å². The molecule has 1 heterocycles. The Morgan fingerprint density at radius 1 is 0.771 bits per heavy atom. The first-order valence-electron chi connectivity index (χ1n) is 16.8. The summed E-state index contributed by atoms with van der Waals surface area (Å²) in [5.74, 6) is -0.0688. The third kappa shape index (κ3) is 8.79. The lowest BCUT2D eigenvalue weighted by Crippen LogP contribution is -2.30. The molecule has 7 nitrogen and oxygen atoms in total. The molecule has 0 unspecified atom stereocenters. The number of nitrogens with zero attached hydrogens (tertiary/aromatic N) is 2. The van der Waals surface area contributed by atoms with E-state index in [9.17, 15) is 14.4 Å². The molecule has 48 heavy (non-hydrogen) atoms. The number of carboxylic acids is 1. The highest BCUT2D eigenvalue weighted by molar-refractivity contribution is 6.16. The maximum Gasteiger partial charge on any atom is 0.303 e. The Hall–Kier alpha value is -5.17. The van der Waals surface area contributed by atoms with E-state index < -0.39 is 5.97 Å². The molecule has 0 fully saturated rings. The molecule has 5 rings (SSSR count). The summed E-state index contributed by atoms with van der Waals surface area (Å²) in [5, 5.41) is 13.0. The highest BCUT2D eigenvalue weighted by Crippen LogP contribution is 2.30. The maximum atomic E-state index is 14.1. The second-order valence-corrected chi connectivity index (χ2v) is 13.3. The topological polar surface area (TPSA) is 91.6 Å². The van der Waals surface area contributed by atoms with Gasteiger partial charge >= 0.3 is 5.97 Å². The molecule has 0 bridgehead atoms. The molecule has 0 radical (unpaired) electrons. The Labute approximate surface area is 283 Å². The number of anilines is 3. The molecule has 0 aliphatic heterocycles. The number of carbonyl (C=O) groups excluding carboxylic acids is 2. The van der Waals surface area contributed by atoms with Crippen molar-refractivity contribution in [3.63, 3.8) is 0 Å². The zero-order chi connectivity index (χ0) is 34.2. The normalized spacial score (nSPS) is 11.3. The molecule has 0 saturated heterocycles. The minimum atomic E-state index is -0.841. The highest BCUT2D eigenvalue weighted by atomic mass is 16.4. The van der Waals surface area contributed by atoms with Gasteiger partial charge in [-0.3, -0.25) is 14.4 Å². The number of aromatic nitrogens is 1. The first-order chi connectivity index (χ1) is 23.1. The van der Waals surface area contributed by atoms with Crippen LogP contribution in [0.15, 0.2) is 103 Å². The number of aliphatic carboxylic acids is 1. The van der Waals surface area contributed by atoms with Crippen LogP contribution < -0.4 is 10.2 Å². The predicted molar refractivity (Wildman–Crippen MR) is 194 cm³/mol. The lowest BCUT2D eigenvalue weighted by molar-refractivity contribution is -0.137. The molecule has 0 saturated carbocycles. The van der Waals surface area contributed by atoms with Gasteiger partial charge in [-0.15, -0.1) is 0 Å². The lowest BCUT2D eigenvalue weighted by Gasteiger charge is -2.25. The average molecular weight is 644 g/mol. The standard InChI is InChI=1S/C41H45N3O4/c1-28(2)23-30-14-18-33(19-15-30)42-39(45)27-44(34-20-16-31(17-21-34)24-29(3)4)35-10-7-9-32(25-35)41(48)37-26-43(22-8-13-40(46)47)38-12-6-5-11-36(37)38/h5-7,9-12,14-21,25-26,28-29H,8,13,22-24,27H2,1-4H3,(H,42,45)(H,46,47). The van der Waals surface area contributed by atoms with Crippen LogP contribution in [0.2, 0.25) is 0 Å². The van der Waals surface area contributed by atoms with Crippen LogP contribution in [0.4, 0.5) is 17.1 Å². The first kappa shape index (κ1) is 34.2. The molecule has 0 aliphatic rings. The number of nitrogens with one attached hydrogen (secondary N) is 1. The molecule has 5 aromatic rings. The Kier molecular flexibility index (Phi) is 11.1. The smallest absolute Gasteiger partial charge is 0.303 e. The number of amides is 1. The number of ketones is 1. The third-order valence-corrected chi connectivity index (χ3v) is 8.32. The van der Waals surface area contributed by atoms with E-state index in [4.69, 9.17) is 5.11 Å². The summed E-state index contributed by atoms with van der Waals surface area (Å²) in [6, 6.07) is 31.4. The number of hydrogen-bond donors (Lipinski definition) is 2. The SMILES string of the molecule is CC(C)Cc1ccc(NC(=O)CN(c2ccc(CC(C)C)cc2)c2cccc(C(=O)c3cn(CCCC(=O)O)c4ccccc34)c2)cc1. The van der Waals surface area contributed by atoms with Crippen LogP contribution in [0.3, 0.4) is 0 Å². The van der Waals surface area contributed by atoms with E-state index >= 15 is 0 Å². The van der Waals surface area contributed by atoms with Gasteiger partial charge in [-0.05, 0) is 84.7 Å². The fourth-order valence-corrected chi connectivity index (χ4v) is 6.14. The summed E-state index contributed by atoms with van der Waals surface area (Å²) in [5.41, 5.74) is 6.72. The van der Waals surface area contributed by atoms with Gasteiger partial charge in [-0.1, -0.05) is 82.3 Å². The van der Waals surface area contributed by atoms with Crippen LogP contribution >= 0.6 is 0 Å². The number of carbonyl (C=O) groups is 3. The van der Waals surface area contributed by atoms with Crippen molar-refractivity contribution in [3.05, 3.63) is 126 Å². The second-order valence-electron chi connectivity index (χ2n) is 13.3. The lowest BCUT2D eigenvalue weighted by atomic mass is 10.0. The van der Waals surface area contributed by atoms with E-state index in [2.05, 4.69) is 57.3 Å². The van der Waals surface area contributed by atoms with E-state index in [0.29, 0.717) is 35.9 Å². The van der Waals surface area contributed by atoms with E-state index in [1.165, 1.54) is 11.1 Å². The molecule has 1 amide bonds. The van der Waals surface area contributed by atoms with Crippen molar-refractivity contribution in [3.8, 4) is 0 Å². The van der Waals surface area contributed by atoms with Crippen LogP contribution in [-0.2, 0) is 29.0 Å². The molecule has 0 spiro atoms. The Morgan fingerprint density at radius 3 is 2.06 bits per heavy atom. The summed E-state index contributed by atoms with van der Waals surface area (Å²) in [4.78, 5) is 40.6. The molecule has 248 valence electrons. The zero-order valence-electron chi connectivity index (χ0n) is 28.3. The van der Waals surface area contributed by atoms with Crippen molar-refractivity contribution < 1.29 is 19.5 Å². The molecule has 0 atom stereocenters. The summed E-state index contributed by atoms with van der Waals surface area (Å²) in [6.45, 7) is 9.30. The number of para-hydroxylation sites is 1. The summed E-state index contributed by atoms with van der Waals surface area (Å²) in [7, 11) is 0. The quantitative estimate of drug-likeness (QED) is 0.111. The van der Waals surface area contributed by atoms with Crippen LogP contribution in [-0.4, -0.2) is 33.9 Å². The van der Waals surface area contributed by atoms with Crippen LogP contribution in [0, 0.1) is 11.8 Å². The molecular weight excluding hydrogens is 598 g/mol. The Bertz CT molecular complexity index is 1870. The summed E-state index contributed by atoms with van der Waals surface area (Å²) in [6.07, 6.45) is 4.29. The first-order valence-corrected chi connectivity index (χ1v) is 16.8. The van der Waals surface area contributed by atoms with Gasteiger partial charge in [0, 0.05) is 58.3 Å². The van der Waals surface area contributed by atoms with E-state index in [1.54, 1.807) is 6.07 Å². The number of aryl methyl sites for hydroxylation is 1. The van der Waals surface area contributed by atoms with Crippen molar-refractivity contribution in [1.29, 1.82) is 0 Å². The van der Waals surface area contributed by atoms with Crippen molar-refractivity contribution >= 4 is 45.6 Å². The van der Waals surface area contributed by atoms with E-state index in [0.717, 1.165) is 40.8 Å². The van der Waals surface area contributed by atoms with Gasteiger partial charge in [0.25, 0.3) is 0 Å². The van der Waals surface area contributed by atoms with Crippen LogP contribution in [0.5, 0.6) is 0 Å². The number of rotatable bonds is 15. The molecular formula is C41H45N3O4. The van der Waals surface area contributed by atoms with Gasteiger partial charge in [0.05, 0.1) is 0 Å². The van der Waals surface area contributed by atoms with Gasteiger partial charge in [-0.2, -0.15) is 0 Å². The fraction of sp³-hybridized carbons (Fsp3) is 0.293.